The molecule has 6 heteroatoms. The van der Waals surface area contributed by atoms with Crippen LogP contribution in [0.1, 0.15) is 11.1 Å². The minimum Gasteiger partial charge on any atom is -0.490 e. The molecule has 1 fully saturated rings. The third-order valence-electron chi connectivity index (χ3n) is 5.71. The molecule has 0 amide bonds. The fraction of sp³-hybridized carbons (Fsp3) is 0.375. The van der Waals surface area contributed by atoms with E-state index < -0.39 is 6.10 Å². The molecule has 1 aromatic heterocycles. The van der Waals surface area contributed by atoms with E-state index in [1.165, 1.54) is 11.8 Å². The number of ether oxygens (including phenoxy) is 1. The number of aliphatic hydroxyl groups excluding tert-OH is 1. The highest BCUT2D eigenvalue weighted by Crippen LogP contribution is 2.28. The predicted octanol–water partition coefficient (Wildman–Crippen LogP) is 2.97. The topological polar surface area (TPSA) is 66.2 Å². The zero-order valence-corrected chi connectivity index (χ0v) is 17.5. The molecule has 4 rings (SSSR count). The van der Waals surface area contributed by atoms with Crippen LogP contribution in [-0.2, 0) is 0 Å². The van der Waals surface area contributed by atoms with Crippen molar-refractivity contribution in [1.29, 1.82) is 0 Å². The van der Waals surface area contributed by atoms with Crippen LogP contribution in [0.5, 0.6) is 5.75 Å². The molecule has 0 bridgehead atoms. The van der Waals surface area contributed by atoms with Gasteiger partial charge in [0.05, 0.1) is 0 Å². The Morgan fingerprint density at radius 2 is 1.80 bits per heavy atom. The minimum atomic E-state index is -0.590. The number of anilines is 1. The number of aryl methyl sites for hydroxylation is 2. The van der Waals surface area contributed by atoms with Gasteiger partial charge in [0.25, 0.3) is 0 Å². The number of benzene rings is 2. The standard InChI is InChI=1S/C24H28N2O4/c1-17-14-23(28)30-24-18(2)22(9-8-21(17)24)29-16-20(27)15-25-10-12-26(13-11-25)19-6-4-3-5-7-19/h3-9,14,20,27H,10-13,15-16H2,1-2H3/t20-/m0/s1. The van der Waals surface area contributed by atoms with E-state index in [0.717, 1.165) is 42.7 Å². The number of nitrogens with zero attached hydrogens (tertiary/aromatic N) is 2. The summed E-state index contributed by atoms with van der Waals surface area (Å²) in [6.45, 7) is 8.23. The molecular formula is C24H28N2O4. The van der Waals surface area contributed by atoms with E-state index in [2.05, 4.69) is 34.1 Å². The summed E-state index contributed by atoms with van der Waals surface area (Å²) < 4.78 is 11.2. The highest BCUT2D eigenvalue weighted by molar-refractivity contribution is 5.84. The number of aliphatic hydroxyl groups is 1. The molecule has 1 atom stereocenters. The second kappa shape index (κ2) is 8.90. The molecule has 3 aromatic rings. The molecule has 6 nitrogen and oxygen atoms in total. The Morgan fingerprint density at radius 1 is 1.07 bits per heavy atom. The molecule has 0 spiro atoms. The summed E-state index contributed by atoms with van der Waals surface area (Å²) in [7, 11) is 0. The molecule has 1 aliphatic heterocycles. The lowest BCUT2D eigenvalue weighted by molar-refractivity contribution is 0.0661. The Labute approximate surface area is 176 Å². The highest BCUT2D eigenvalue weighted by Gasteiger charge is 2.20. The van der Waals surface area contributed by atoms with Crippen molar-refractivity contribution in [1.82, 2.24) is 4.90 Å². The second-order valence-corrected chi connectivity index (χ2v) is 7.90. The van der Waals surface area contributed by atoms with Crippen LogP contribution in [0, 0.1) is 13.8 Å². The van der Waals surface area contributed by atoms with E-state index in [1.54, 1.807) is 0 Å². The minimum absolute atomic E-state index is 0.196. The summed E-state index contributed by atoms with van der Waals surface area (Å²) in [5.74, 6) is 0.629. The first kappa shape index (κ1) is 20.4. The van der Waals surface area contributed by atoms with Gasteiger partial charge in [0.1, 0.15) is 24.0 Å². The number of hydrogen-bond donors (Lipinski definition) is 1. The smallest absolute Gasteiger partial charge is 0.336 e. The molecule has 0 unspecified atom stereocenters. The number of para-hydroxylation sites is 1. The number of hydrogen-bond acceptors (Lipinski definition) is 6. The lowest BCUT2D eigenvalue weighted by atomic mass is 10.1. The van der Waals surface area contributed by atoms with E-state index >= 15 is 0 Å². The number of rotatable bonds is 6. The largest absolute Gasteiger partial charge is 0.490 e. The van der Waals surface area contributed by atoms with Crippen LogP contribution < -0.4 is 15.3 Å². The molecule has 1 saturated heterocycles. The van der Waals surface area contributed by atoms with E-state index in [9.17, 15) is 9.90 Å². The van der Waals surface area contributed by atoms with E-state index in [-0.39, 0.29) is 12.2 Å². The van der Waals surface area contributed by atoms with Crippen molar-refractivity contribution in [3.8, 4) is 5.75 Å². The summed E-state index contributed by atoms with van der Waals surface area (Å²) in [6, 6.07) is 15.7. The highest BCUT2D eigenvalue weighted by atomic mass is 16.5. The van der Waals surface area contributed by atoms with Crippen molar-refractivity contribution in [3.05, 3.63) is 70.1 Å². The third-order valence-corrected chi connectivity index (χ3v) is 5.71. The molecule has 0 saturated carbocycles. The van der Waals surface area contributed by atoms with Gasteiger partial charge in [-0.05, 0) is 43.7 Å². The van der Waals surface area contributed by atoms with E-state index in [1.807, 2.05) is 32.0 Å². The Hall–Kier alpha value is -2.83. The molecule has 158 valence electrons. The lowest BCUT2D eigenvalue weighted by Gasteiger charge is -2.36. The van der Waals surface area contributed by atoms with Gasteiger partial charge in [-0.25, -0.2) is 4.79 Å². The van der Waals surface area contributed by atoms with E-state index in [0.29, 0.717) is 17.9 Å². The first-order chi connectivity index (χ1) is 14.5. The maximum atomic E-state index is 11.7. The fourth-order valence-electron chi connectivity index (χ4n) is 4.02. The average Bonchev–Trinajstić information content (AvgIpc) is 2.75. The van der Waals surface area contributed by atoms with Gasteiger partial charge in [-0.15, -0.1) is 0 Å². The molecule has 0 aliphatic carbocycles. The zero-order valence-electron chi connectivity index (χ0n) is 17.5. The molecule has 2 aromatic carbocycles. The molecule has 2 heterocycles. The summed E-state index contributed by atoms with van der Waals surface area (Å²) in [5.41, 5.74) is 3.08. The van der Waals surface area contributed by atoms with Crippen LogP contribution in [0.2, 0.25) is 0 Å². The molecule has 0 radical (unpaired) electrons. The predicted molar refractivity (Wildman–Crippen MR) is 119 cm³/mol. The number of β-amino-alcohol motifs (C(OH)–C–C–N with tert-alkyl or cyclic N) is 1. The Bertz CT molecular complexity index is 1060. The van der Waals surface area contributed by atoms with Crippen molar-refractivity contribution in [2.24, 2.45) is 0 Å². The van der Waals surface area contributed by atoms with Crippen LogP contribution in [0.3, 0.4) is 0 Å². The number of piperazine rings is 1. The van der Waals surface area contributed by atoms with Gasteiger partial charge >= 0.3 is 5.63 Å². The lowest BCUT2D eigenvalue weighted by Crippen LogP contribution is -2.49. The first-order valence-electron chi connectivity index (χ1n) is 10.4. The third kappa shape index (κ3) is 4.50. The van der Waals surface area contributed by atoms with Crippen molar-refractivity contribution in [3.63, 3.8) is 0 Å². The molecule has 30 heavy (non-hydrogen) atoms. The van der Waals surface area contributed by atoms with Gasteiger partial charge in [0.2, 0.25) is 0 Å². The summed E-state index contributed by atoms with van der Waals surface area (Å²) >= 11 is 0. The normalized spacial score (nSPS) is 16.0. The first-order valence-corrected chi connectivity index (χ1v) is 10.4. The maximum absolute atomic E-state index is 11.7. The maximum Gasteiger partial charge on any atom is 0.336 e. The zero-order chi connectivity index (χ0) is 21.1. The Morgan fingerprint density at radius 3 is 2.53 bits per heavy atom. The molecule has 1 aliphatic rings. The molecule has 1 N–H and O–H groups in total. The quantitative estimate of drug-likeness (QED) is 0.633. The average molecular weight is 408 g/mol. The van der Waals surface area contributed by atoms with Crippen molar-refractivity contribution in [2.45, 2.75) is 20.0 Å². The summed E-state index contributed by atoms with van der Waals surface area (Å²) in [5, 5.41) is 11.4. The number of fused-ring (bicyclic) bond motifs is 1. The Balaban J connectivity index is 1.32. The Kier molecular flexibility index (Phi) is 6.06. The second-order valence-electron chi connectivity index (χ2n) is 7.90. The van der Waals surface area contributed by atoms with Crippen LogP contribution >= 0.6 is 0 Å². The van der Waals surface area contributed by atoms with Gasteiger partial charge in [-0.2, -0.15) is 0 Å². The summed E-state index contributed by atoms with van der Waals surface area (Å²) in [6.07, 6.45) is -0.590. The van der Waals surface area contributed by atoms with Crippen LogP contribution in [0.25, 0.3) is 11.0 Å². The van der Waals surface area contributed by atoms with Crippen molar-refractivity contribution < 1.29 is 14.3 Å². The van der Waals surface area contributed by atoms with Crippen LogP contribution in [0.4, 0.5) is 5.69 Å². The SMILES string of the molecule is Cc1cc(=O)oc2c(C)c(OC[C@@H](O)CN3CCN(c4ccccc4)CC3)ccc12. The fourth-order valence-corrected chi connectivity index (χ4v) is 4.02. The van der Waals surface area contributed by atoms with Gasteiger partial charge in [0, 0.05) is 55.4 Å². The monoisotopic (exact) mass is 408 g/mol. The van der Waals surface area contributed by atoms with Crippen LogP contribution in [-0.4, -0.2) is 55.4 Å². The van der Waals surface area contributed by atoms with E-state index in [4.69, 9.17) is 9.15 Å². The summed E-state index contributed by atoms with van der Waals surface area (Å²) in [4.78, 5) is 16.3. The van der Waals surface area contributed by atoms with Crippen molar-refractivity contribution in [2.75, 3.05) is 44.2 Å². The van der Waals surface area contributed by atoms with Gasteiger partial charge < -0.3 is 19.2 Å². The van der Waals surface area contributed by atoms with Gasteiger partial charge in [0.15, 0.2) is 0 Å². The van der Waals surface area contributed by atoms with Gasteiger partial charge in [-0.1, -0.05) is 18.2 Å². The van der Waals surface area contributed by atoms with Crippen molar-refractivity contribution >= 4 is 16.7 Å². The van der Waals surface area contributed by atoms with Gasteiger partial charge in [-0.3, -0.25) is 4.90 Å². The molecular weight excluding hydrogens is 380 g/mol. The van der Waals surface area contributed by atoms with Crippen LogP contribution in [0.15, 0.2) is 57.7 Å².